The first-order valence-electron chi connectivity index (χ1n) is 5.42. The maximum absolute atomic E-state index is 11.4. The largest absolute Gasteiger partial charge is 0.351 e. The summed E-state index contributed by atoms with van der Waals surface area (Å²) >= 11 is 0. The highest BCUT2D eigenvalue weighted by atomic mass is 16.1. The van der Waals surface area contributed by atoms with Gasteiger partial charge in [0.15, 0.2) is 0 Å². The Balaban J connectivity index is 2.04. The summed E-state index contributed by atoms with van der Waals surface area (Å²) in [5.41, 5.74) is 0.818. The topological polar surface area (TPSA) is 41.1 Å². The Bertz CT molecular complexity index is 219. The van der Waals surface area contributed by atoms with E-state index in [9.17, 15) is 4.79 Å². The van der Waals surface area contributed by atoms with E-state index in [-0.39, 0.29) is 5.91 Å². The van der Waals surface area contributed by atoms with E-state index >= 15 is 0 Å². The molecule has 80 valence electrons. The van der Waals surface area contributed by atoms with Gasteiger partial charge in [0.2, 0.25) is 5.91 Å². The second kappa shape index (κ2) is 5.81. The highest BCUT2D eigenvalue weighted by Crippen LogP contribution is 2.17. The summed E-state index contributed by atoms with van der Waals surface area (Å²) in [6, 6.07) is 0.721. The van der Waals surface area contributed by atoms with Gasteiger partial charge in [0.25, 0.3) is 0 Å². The van der Waals surface area contributed by atoms with E-state index in [1.165, 1.54) is 12.8 Å². The molecule has 1 rings (SSSR count). The third-order valence-corrected chi connectivity index (χ3v) is 2.29. The first-order chi connectivity index (χ1) is 6.74. The molecule has 14 heavy (non-hydrogen) atoms. The van der Waals surface area contributed by atoms with Crippen LogP contribution in [-0.4, -0.2) is 25.0 Å². The van der Waals surface area contributed by atoms with Crippen LogP contribution in [0.2, 0.25) is 0 Å². The second-order valence-corrected chi connectivity index (χ2v) is 3.78. The van der Waals surface area contributed by atoms with Gasteiger partial charge in [-0.3, -0.25) is 4.79 Å². The van der Waals surface area contributed by atoms with Gasteiger partial charge in [-0.15, -0.1) is 0 Å². The summed E-state index contributed by atoms with van der Waals surface area (Å²) in [7, 11) is 0. The zero-order valence-electron chi connectivity index (χ0n) is 9.10. The average molecular weight is 196 g/mol. The zero-order chi connectivity index (χ0) is 10.4. The molecule has 0 heterocycles. The Labute approximate surface area is 86.0 Å². The fourth-order valence-corrected chi connectivity index (χ4v) is 1.28. The van der Waals surface area contributed by atoms with Gasteiger partial charge in [0.1, 0.15) is 0 Å². The Hall–Kier alpha value is -0.830. The van der Waals surface area contributed by atoms with Crippen molar-refractivity contribution in [2.24, 2.45) is 0 Å². The van der Waals surface area contributed by atoms with Crippen molar-refractivity contribution >= 4 is 5.91 Å². The van der Waals surface area contributed by atoms with Crippen molar-refractivity contribution in [1.29, 1.82) is 0 Å². The Morgan fingerprint density at radius 3 is 2.71 bits per heavy atom. The van der Waals surface area contributed by atoms with E-state index in [0.29, 0.717) is 0 Å². The highest BCUT2D eigenvalue weighted by Gasteiger charge is 2.19. The first-order valence-corrected chi connectivity index (χ1v) is 5.42. The fraction of sp³-hybridized carbons (Fsp3) is 0.727. The van der Waals surface area contributed by atoms with Gasteiger partial charge in [-0.05, 0) is 26.2 Å². The smallest absolute Gasteiger partial charge is 0.246 e. The first kappa shape index (κ1) is 11.2. The van der Waals surface area contributed by atoms with E-state index in [1.54, 1.807) is 0 Å². The summed E-state index contributed by atoms with van der Waals surface area (Å²) in [5, 5.41) is 6.23. The van der Waals surface area contributed by atoms with Crippen molar-refractivity contribution in [3.05, 3.63) is 11.6 Å². The molecule has 0 unspecified atom stereocenters. The number of carbonyl (C=O) groups excluding carboxylic acids is 1. The van der Waals surface area contributed by atoms with E-state index < -0.39 is 0 Å². The fourth-order valence-electron chi connectivity index (χ4n) is 1.28. The number of nitrogens with one attached hydrogen (secondary N) is 2. The van der Waals surface area contributed by atoms with Crippen molar-refractivity contribution in [1.82, 2.24) is 10.6 Å². The molecule has 1 saturated carbocycles. The molecule has 1 amide bonds. The minimum Gasteiger partial charge on any atom is -0.351 e. The number of rotatable bonds is 6. The lowest BCUT2D eigenvalue weighted by Gasteiger charge is -2.05. The SMILES string of the molecule is CCC=C(C)C(=O)NCCNC1CC1. The van der Waals surface area contributed by atoms with E-state index in [1.807, 2.05) is 19.9 Å². The molecule has 0 aromatic heterocycles. The third-order valence-electron chi connectivity index (χ3n) is 2.29. The second-order valence-electron chi connectivity index (χ2n) is 3.78. The van der Waals surface area contributed by atoms with Crippen LogP contribution in [0.5, 0.6) is 0 Å². The standard InChI is InChI=1S/C11H20N2O/c1-3-4-9(2)11(14)13-8-7-12-10-5-6-10/h4,10,12H,3,5-8H2,1-2H3,(H,13,14). The highest BCUT2D eigenvalue weighted by molar-refractivity contribution is 5.92. The number of hydrogen-bond acceptors (Lipinski definition) is 2. The van der Waals surface area contributed by atoms with Crippen LogP contribution in [-0.2, 0) is 4.79 Å². The molecule has 0 radical (unpaired) electrons. The van der Waals surface area contributed by atoms with Crippen molar-refractivity contribution in [2.45, 2.75) is 39.2 Å². The van der Waals surface area contributed by atoms with Crippen molar-refractivity contribution in [2.75, 3.05) is 13.1 Å². The Kier molecular flexibility index (Phi) is 4.66. The van der Waals surface area contributed by atoms with Gasteiger partial charge in [-0.1, -0.05) is 13.0 Å². The van der Waals surface area contributed by atoms with Crippen LogP contribution < -0.4 is 10.6 Å². The molecule has 1 fully saturated rings. The molecule has 0 aromatic carbocycles. The molecule has 3 nitrogen and oxygen atoms in total. The predicted octanol–water partition coefficient (Wildman–Crippen LogP) is 1.21. The summed E-state index contributed by atoms with van der Waals surface area (Å²) in [4.78, 5) is 11.4. The predicted molar refractivity (Wildman–Crippen MR) is 58.1 cm³/mol. The van der Waals surface area contributed by atoms with Crippen LogP contribution in [0.15, 0.2) is 11.6 Å². The lowest BCUT2D eigenvalue weighted by molar-refractivity contribution is -0.117. The Morgan fingerprint density at radius 1 is 1.43 bits per heavy atom. The van der Waals surface area contributed by atoms with Crippen LogP contribution in [0.1, 0.15) is 33.1 Å². The van der Waals surface area contributed by atoms with Crippen molar-refractivity contribution in [3.63, 3.8) is 0 Å². The monoisotopic (exact) mass is 196 g/mol. The van der Waals surface area contributed by atoms with E-state index in [2.05, 4.69) is 10.6 Å². The molecule has 3 heteroatoms. The normalized spacial score (nSPS) is 16.9. The van der Waals surface area contributed by atoms with Crippen LogP contribution >= 0.6 is 0 Å². The molecule has 0 bridgehead atoms. The minimum absolute atomic E-state index is 0.0597. The summed E-state index contributed by atoms with van der Waals surface area (Å²) in [5.74, 6) is 0.0597. The molecule has 1 aliphatic rings. The summed E-state index contributed by atoms with van der Waals surface area (Å²) in [6.45, 7) is 5.50. The minimum atomic E-state index is 0.0597. The van der Waals surface area contributed by atoms with E-state index in [0.717, 1.165) is 31.1 Å². The zero-order valence-corrected chi connectivity index (χ0v) is 9.10. The van der Waals surface area contributed by atoms with Gasteiger partial charge in [0.05, 0.1) is 0 Å². The van der Waals surface area contributed by atoms with Gasteiger partial charge >= 0.3 is 0 Å². The number of amides is 1. The lowest BCUT2D eigenvalue weighted by Crippen LogP contribution is -2.33. The Morgan fingerprint density at radius 2 is 2.14 bits per heavy atom. The number of carbonyl (C=O) groups is 1. The van der Waals surface area contributed by atoms with Crippen LogP contribution in [0.25, 0.3) is 0 Å². The third kappa shape index (κ3) is 4.42. The molecule has 1 aliphatic carbocycles. The van der Waals surface area contributed by atoms with Crippen LogP contribution in [0, 0.1) is 0 Å². The summed E-state index contributed by atoms with van der Waals surface area (Å²) < 4.78 is 0. The van der Waals surface area contributed by atoms with Crippen molar-refractivity contribution in [3.8, 4) is 0 Å². The quantitative estimate of drug-likeness (QED) is 0.495. The van der Waals surface area contributed by atoms with Crippen LogP contribution in [0.3, 0.4) is 0 Å². The van der Waals surface area contributed by atoms with Gasteiger partial charge < -0.3 is 10.6 Å². The van der Waals surface area contributed by atoms with Gasteiger partial charge in [-0.25, -0.2) is 0 Å². The maximum Gasteiger partial charge on any atom is 0.246 e. The molecule has 0 saturated heterocycles. The van der Waals surface area contributed by atoms with Crippen molar-refractivity contribution < 1.29 is 4.79 Å². The molecule has 0 aliphatic heterocycles. The lowest BCUT2D eigenvalue weighted by atomic mass is 10.2. The molecule has 0 atom stereocenters. The number of hydrogen-bond donors (Lipinski definition) is 2. The molecule has 0 aromatic rings. The molecular weight excluding hydrogens is 176 g/mol. The van der Waals surface area contributed by atoms with E-state index in [4.69, 9.17) is 0 Å². The average Bonchev–Trinajstić information content (AvgIpc) is 2.96. The number of allylic oxidation sites excluding steroid dienone is 1. The molecule has 0 spiro atoms. The van der Waals surface area contributed by atoms with Crippen LogP contribution in [0.4, 0.5) is 0 Å². The molecule has 2 N–H and O–H groups in total. The van der Waals surface area contributed by atoms with Gasteiger partial charge in [-0.2, -0.15) is 0 Å². The maximum atomic E-state index is 11.4. The summed E-state index contributed by atoms with van der Waals surface area (Å²) in [6.07, 6.45) is 5.45. The molecular formula is C11H20N2O. The van der Waals surface area contributed by atoms with Gasteiger partial charge in [0, 0.05) is 24.7 Å².